The predicted molar refractivity (Wildman–Crippen MR) is 132 cm³/mol. The van der Waals surface area contributed by atoms with E-state index in [0.717, 1.165) is 16.8 Å². The molecule has 2 atom stereocenters. The number of hydrogen-bond donors (Lipinski definition) is 1. The molecule has 0 aromatic heterocycles. The van der Waals surface area contributed by atoms with Crippen LogP contribution >= 0.6 is 23.2 Å². The van der Waals surface area contributed by atoms with Crippen LogP contribution in [0.4, 0.5) is 11.4 Å². The Morgan fingerprint density at radius 2 is 1.56 bits per heavy atom. The molecule has 0 saturated heterocycles. The van der Waals surface area contributed by atoms with Crippen LogP contribution in [0.1, 0.15) is 37.8 Å². The first kappa shape index (κ1) is 21.0. The third-order valence-electron chi connectivity index (χ3n) is 6.22. The smallest absolute Gasteiger partial charge is 0.258 e. The summed E-state index contributed by atoms with van der Waals surface area (Å²) in [6, 6.07) is 23.2. The first-order chi connectivity index (χ1) is 15.3. The number of nitrogens with zero attached hydrogens (tertiary/aromatic N) is 2. The molecule has 2 aliphatic rings. The Kier molecular flexibility index (Phi) is 4.84. The van der Waals surface area contributed by atoms with Gasteiger partial charge in [-0.15, -0.1) is 0 Å². The van der Waals surface area contributed by atoms with Crippen LogP contribution < -0.4 is 10.3 Å². The summed E-state index contributed by atoms with van der Waals surface area (Å²) in [5.74, 6) is -0.503. The Morgan fingerprint density at radius 1 is 0.906 bits per heavy atom. The van der Waals surface area contributed by atoms with Gasteiger partial charge in [0.15, 0.2) is 5.54 Å². The van der Waals surface area contributed by atoms with Crippen LogP contribution in [0.15, 0.2) is 77.9 Å². The molecule has 3 aromatic rings. The number of rotatable bonds is 2. The molecule has 32 heavy (non-hydrogen) atoms. The van der Waals surface area contributed by atoms with E-state index in [9.17, 15) is 4.79 Å². The van der Waals surface area contributed by atoms with Gasteiger partial charge in [0.2, 0.25) is 0 Å². The highest BCUT2D eigenvalue weighted by Gasteiger charge is 2.64. The number of nitrogens with one attached hydrogen (secondary N) is 1. The molecule has 2 heterocycles. The fourth-order valence-electron chi connectivity index (χ4n) is 4.86. The maximum absolute atomic E-state index is 14.0. The number of carbonyl (C=O) groups is 1. The molecule has 0 saturated carbocycles. The number of halogens is 2. The third kappa shape index (κ3) is 2.90. The van der Waals surface area contributed by atoms with Crippen LogP contribution in [-0.2, 0) is 10.3 Å². The number of hydrazone groups is 1. The number of anilines is 2. The molecule has 0 aliphatic carbocycles. The molecule has 0 fully saturated rings. The van der Waals surface area contributed by atoms with Crippen LogP contribution in [0, 0.1) is 5.41 Å². The number of fused-ring (bicyclic) bond motifs is 2. The van der Waals surface area contributed by atoms with Gasteiger partial charge >= 0.3 is 0 Å². The minimum absolute atomic E-state index is 0.169. The first-order valence-corrected chi connectivity index (χ1v) is 11.3. The van der Waals surface area contributed by atoms with Crippen molar-refractivity contribution in [2.45, 2.75) is 32.2 Å². The van der Waals surface area contributed by atoms with Gasteiger partial charge in [-0.05, 0) is 23.8 Å². The molecule has 4 nitrogen and oxygen atoms in total. The molecule has 6 heteroatoms. The highest BCUT2D eigenvalue weighted by atomic mass is 35.5. The van der Waals surface area contributed by atoms with Gasteiger partial charge in [0.1, 0.15) is 0 Å². The Morgan fingerprint density at radius 3 is 2.25 bits per heavy atom. The van der Waals surface area contributed by atoms with Gasteiger partial charge in [-0.2, -0.15) is 5.10 Å². The van der Waals surface area contributed by atoms with Crippen LogP contribution in [0.25, 0.3) is 0 Å². The topological polar surface area (TPSA) is 44.7 Å². The van der Waals surface area contributed by atoms with Crippen molar-refractivity contribution in [1.82, 2.24) is 0 Å². The summed E-state index contributed by atoms with van der Waals surface area (Å²) in [5, 5.41) is 11.0. The average molecular weight is 464 g/mol. The molecule has 2 aliphatic heterocycles. The Labute approximate surface area is 197 Å². The summed E-state index contributed by atoms with van der Waals surface area (Å²) in [6.07, 6.45) is 0. The van der Waals surface area contributed by atoms with E-state index in [1.165, 1.54) is 0 Å². The summed E-state index contributed by atoms with van der Waals surface area (Å²) >= 11 is 13.2. The van der Waals surface area contributed by atoms with Gasteiger partial charge in [-0.3, -0.25) is 4.79 Å². The lowest BCUT2D eigenvalue weighted by Gasteiger charge is -2.38. The largest absolute Gasteiger partial charge is 0.322 e. The fourth-order valence-corrected chi connectivity index (χ4v) is 5.29. The molecular weight excluding hydrogens is 441 g/mol. The quantitative estimate of drug-likeness (QED) is 0.451. The molecule has 1 N–H and O–H groups in total. The molecule has 0 bridgehead atoms. The lowest BCUT2D eigenvalue weighted by atomic mass is 9.68. The SMILES string of the molecule is CC(C)(C)C1=NN(c2ccccc2Cl)[C@]2(C(=O)Nc3c(Cl)cccc32)[C@H]1c1ccccc1. The first-order valence-electron chi connectivity index (χ1n) is 10.6. The Balaban J connectivity index is 1.89. The second-order valence-electron chi connectivity index (χ2n) is 9.23. The number of amides is 1. The fraction of sp³-hybridized carbons (Fsp3) is 0.231. The highest BCUT2D eigenvalue weighted by Crippen LogP contribution is 2.58. The standard InChI is InChI=1S/C26H23Cl2N3O/c1-25(2,3)23-21(16-10-5-4-6-11-16)26(31(30-23)20-15-8-7-13-18(20)27)17-12-9-14-19(28)22(17)29-24(26)32/h4-15,21H,1-3H3,(H,29,32)/t21-,26-/m0/s1. The van der Waals surface area contributed by atoms with Crippen molar-refractivity contribution in [3.8, 4) is 0 Å². The van der Waals surface area contributed by atoms with E-state index >= 15 is 0 Å². The number of para-hydroxylation sites is 2. The summed E-state index contributed by atoms with van der Waals surface area (Å²) in [4.78, 5) is 14.0. The van der Waals surface area contributed by atoms with Gasteiger partial charge < -0.3 is 5.32 Å². The number of benzene rings is 3. The van der Waals surface area contributed by atoms with Gasteiger partial charge in [-0.25, -0.2) is 5.01 Å². The second-order valence-corrected chi connectivity index (χ2v) is 10.0. The van der Waals surface area contributed by atoms with Crippen LogP contribution in [0.5, 0.6) is 0 Å². The van der Waals surface area contributed by atoms with Gasteiger partial charge in [-0.1, -0.05) is 98.6 Å². The van der Waals surface area contributed by atoms with Crippen molar-refractivity contribution in [2.24, 2.45) is 10.5 Å². The third-order valence-corrected chi connectivity index (χ3v) is 6.86. The van der Waals surface area contributed by atoms with E-state index in [2.05, 4.69) is 38.2 Å². The van der Waals surface area contributed by atoms with Crippen molar-refractivity contribution in [1.29, 1.82) is 0 Å². The summed E-state index contributed by atoms with van der Waals surface area (Å²) in [5.41, 5.74) is 2.57. The minimum atomic E-state index is -1.16. The molecule has 1 spiro atoms. The maximum atomic E-state index is 14.0. The molecule has 5 rings (SSSR count). The Bertz CT molecular complexity index is 1250. The zero-order valence-corrected chi connectivity index (χ0v) is 19.6. The number of carbonyl (C=O) groups excluding carboxylic acids is 1. The lowest BCUT2D eigenvalue weighted by molar-refractivity contribution is -0.120. The van der Waals surface area contributed by atoms with Crippen molar-refractivity contribution < 1.29 is 4.79 Å². The molecule has 1 amide bonds. The van der Waals surface area contributed by atoms with Gasteiger partial charge in [0.25, 0.3) is 5.91 Å². The molecule has 0 radical (unpaired) electrons. The normalized spacial score (nSPS) is 22.2. The summed E-state index contributed by atoms with van der Waals surface area (Å²) in [6.45, 7) is 6.37. The average Bonchev–Trinajstić information content (AvgIpc) is 3.27. The van der Waals surface area contributed by atoms with E-state index in [0.29, 0.717) is 21.4 Å². The van der Waals surface area contributed by atoms with Crippen LogP contribution in [-0.4, -0.2) is 11.6 Å². The maximum Gasteiger partial charge on any atom is 0.258 e. The second kappa shape index (κ2) is 7.36. The van der Waals surface area contributed by atoms with Crippen LogP contribution in [0.3, 0.4) is 0 Å². The Hall–Kier alpha value is -2.82. The minimum Gasteiger partial charge on any atom is -0.322 e. The monoisotopic (exact) mass is 463 g/mol. The van der Waals surface area contributed by atoms with E-state index < -0.39 is 5.54 Å². The molecular formula is C26H23Cl2N3O. The van der Waals surface area contributed by atoms with E-state index in [1.807, 2.05) is 59.6 Å². The molecule has 162 valence electrons. The number of hydrogen-bond acceptors (Lipinski definition) is 3. The van der Waals surface area contributed by atoms with Crippen molar-refractivity contribution >= 4 is 46.2 Å². The van der Waals surface area contributed by atoms with E-state index in [-0.39, 0.29) is 17.2 Å². The van der Waals surface area contributed by atoms with Crippen molar-refractivity contribution in [3.63, 3.8) is 0 Å². The zero-order valence-electron chi connectivity index (χ0n) is 18.1. The van der Waals surface area contributed by atoms with Crippen molar-refractivity contribution in [2.75, 3.05) is 10.3 Å². The summed E-state index contributed by atoms with van der Waals surface area (Å²) < 4.78 is 0. The van der Waals surface area contributed by atoms with Crippen molar-refractivity contribution in [3.05, 3.63) is 94.0 Å². The van der Waals surface area contributed by atoms with Gasteiger partial charge in [0, 0.05) is 11.0 Å². The molecule has 3 aromatic carbocycles. The highest BCUT2D eigenvalue weighted by molar-refractivity contribution is 6.36. The van der Waals surface area contributed by atoms with Crippen LogP contribution in [0.2, 0.25) is 10.0 Å². The molecule has 0 unspecified atom stereocenters. The summed E-state index contributed by atoms with van der Waals surface area (Å²) in [7, 11) is 0. The zero-order chi connectivity index (χ0) is 22.7. The van der Waals surface area contributed by atoms with E-state index in [4.69, 9.17) is 28.3 Å². The lowest BCUT2D eigenvalue weighted by Crippen LogP contribution is -2.51. The van der Waals surface area contributed by atoms with E-state index in [1.54, 1.807) is 6.07 Å². The predicted octanol–water partition coefficient (Wildman–Crippen LogP) is 6.85. The van der Waals surface area contributed by atoms with Gasteiger partial charge in [0.05, 0.1) is 33.0 Å².